The van der Waals surface area contributed by atoms with Crippen molar-refractivity contribution >= 4 is 33.4 Å². The van der Waals surface area contributed by atoms with Crippen molar-refractivity contribution in [3.8, 4) is 5.75 Å². The van der Waals surface area contributed by atoms with Crippen LogP contribution in [-0.2, 0) is 4.79 Å². The van der Waals surface area contributed by atoms with Gasteiger partial charge in [0, 0.05) is 11.8 Å². The number of hydrogen-bond donors (Lipinski definition) is 2. The Kier molecular flexibility index (Phi) is 4.99. The summed E-state index contributed by atoms with van der Waals surface area (Å²) in [7, 11) is 1.54. The van der Waals surface area contributed by atoms with Crippen LogP contribution in [0.2, 0.25) is 0 Å². The zero-order chi connectivity index (χ0) is 15.2. The molecular weight excluding hydrogens is 340 g/mol. The van der Waals surface area contributed by atoms with E-state index in [9.17, 15) is 9.59 Å². The number of furan rings is 1. The van der Waals surface area contributed by atoms with E-state index in [1.54, 1.807) is 37.4 Å². The lowest BCUT2D eigenvalue weighted by atomic mass is 10.3. The van der Waals surface area contributed by atoms with E-state index in [0.29, 0.717) is 16.1 Å². The summed E-state index contributed by atoms with van der Waals surface area (Å²) in [6.45, 7) is -0.158. The number of halogens is 1. The van der Waals surface area contributed by atoms with E-state index in [4.69, 9.17) is 9.15 Å². The van der Waals surface area contributed by atoms with Gasteiger partial charge in [-0.3, -0.25) is 9.59 Å². The zero-order valence-corrected chi connectivity index (χ0v) is 12.8. The lowest BCUT2D eigenvalue weighted by Gasteiger charge is -2.07. The quantitative estimate of drug-likeness (QED) is 0.865. The first-order valence-corrected chi connectivity index (χ1v) is 6.85. The van der Waals surface area contributed by atoms with Crippen LogP contribution in [0.3, 0.4) is 0 Å². The lowest BCUT2D eigenvalue weighted by Crippen LogP contribution is -2.32. The van der Waals surface area contributed by atoms with Crippen LogP contribution in [0.15, 0.2) is 45.5 Å². The molecule has 6 nitrogen and oxygen atoms in total. The fourth-order valence-corrected chi connectivity index (χ4v) is 1.90. The Morgan fingerprint density at radius 3 is 2.76 bits per heavy atom. The molecule has 110 valence electrons. The molecule has 0 atom stereocenters. The number of carbonyl (C=O) groups excluding carboxylic acids is 2. The Bertz CT molecular complexity index is 654. The molecule has 2 amide bonds. The summed E-state index contributed by atoms with van der Waals surface area (Å²) in [6, 6.07) is 10.1. The first-order valence-electron chi connectivity index (χ1n) is 6.06. The Hall–Kier alpha value is -2.28. The minimum Gasteiger partial charge on any atom is -0.497 e. The van der Waals surface area contributed by atoms with Gasteiger partial charge in [-0.15, -0.1) is 0 Å². The Labute approximate surface area is 129 Å². The molecule has 1 aromatic heterocycles. The van der Waals surface area contributed by atoms with E-state index in [1.807, 2.05) is 0 Å². The molecule has 2 aromatic rings. The molecule has 0 aliphatic rings. The second kappa shape index (κ2) is 6.94. The SMILES string of the molecule is COc1cccc(NC(=O)CNC(=O)c2ccc(Br)o2)c1. The summed E-state index contributed by atoms with van der Waals surface area (Å²) >= 11 is 3.10. The fraction of sp³-hybridized carbons (Fsp3) is 0.143. The van der Waals surface area contributed by atoms with Gasteiger partial charge in [-0.05, 0) is 40.2 Å². The highest BCUT2D eigenvalue weighted by Gasteiger charge is 2.11. The molecule has 2 N–H and O–H groups in total. The molecule has 0 radical (unpaired) electrons. The van der Waals surface area contributed by atoms with Crippen LogP contribution < -0.4 is 15.4 Å². The van der Waals surface area contributed by atoms with Gasteiger partial charge in [0.2, 0.25) is 5.91 Å². The van der Waals surface area contributed by atoms with Crippen LogP contribution in [0.4, 0.5) is 5.69 Å². The first-order chi connectivity index (χ1) is 10.1. The van der Waals surface area contributed by atoms with E-state index in [-0.39, 0.29) is 18.2 Å². The number of ether oxygens (including phenoxy) is 1. The third kappa shape index (κ3) is 4.35. The van der Waals surface area contributed by atoms with Gasteiger partial charge in [0.15, 0.2) is 10.4 Å². The van der Waals surface area contributed by atoms with E-state index in [1.165, 1.54) is 6.07 Å². The number of carbonyl (C=O) groups is 2. The molecular formula is C14H13BrN2O4. The highest BCUT2D eigenvalue weighted by atomic mass is 79.9. The number of anilines is 1. The third-order valence-corrected chi connectivity index (χ3v) is 2.99. The number of amides is 2. The van der Waals surface area contributed by atoms with Gasteiger partial charge in [0.1, 0.15) is 5.75 Å². The van der Waals surface area contributed by atoms with Crippen LogP contribution in [0.5, 0.6) is 5.75 Å². The van der Waals surface area contributed by atoms with Crippen molar-refractivity contribution in [3.05, 3.63) is 46.8 Å². The van der Waals surface area contributed by atoms with Crippen LogP contribution in [0.25, 0.3) is 0 Å². The molecule has 1 aromatic carbocycles. The predicted molar refractivity (Wildman–Crippen MR) is 80.4 cm³/mol. The van der Waals surface area contributed by atoms with Crippen molar-refractivity contribution < 1.29 is 18.7 Å². The van der Waals surface area contributed by atoms with Crippen LogP contribution >= 0.6 is 15.9 Å². The highest BCUT2D eigenvalue weighted by Crippen LogP contribution is 2.16. The summed E-state index contributed by atoms with van der Waals surface area (Å²) in [5, 5.41) is 5.12. The monoisotopic (exact) mass is 352 g/mol. The standard InChI is InChI=1S/C14H13BrN2O4/c1-20-10-4-2-3-9(7-10)17-13(18)8-16-14(19)11-5-6-12(15)21-11/h2-7H,8H2,1H3,(H,16,19)(H,17,18). The molecule has 0 saturated carbocycles. The molecule has 0 spiro atoms. The van der Waals surface area contributed by atoms with Crippen molar-refractivity contribution in [2.24, 2.45) is 0 Å². The average Bonchev–Trinajstić information content (AvgIpc) is 2.91. The smallest absolute Gasteiger partial charge is 0.287 e. The highest BCUT2D eigenvalue weighted by molar-refractivity contribution is 9.10. The molecule has 1 heterocycles. The zero-order valence-electron chi connectivity index (χ0n) is 11.2. The van der Waals surface area contributed by atoms with E-state index in [2.05, 4.69) is 26.6 Å². The third-order valence-electron chi connectivity index (χ3n) is 2.56. The number of nitrogens with one attached hydrogen (secondary N) is 2. The van der Waals surface area contributed by atoms with E-state index >= 15 is 0 Å². The van der Waals surface area contributed by atoms with Crippen molar-refractivity contribution in [2.45, 2.75) is 0 Å². The second-order valence-electron chi connectivity index (χ2n) is 4.07. The largest absolute Gasteiger partial charge is 0.497 e. The number of rotatable bonds is 5. The van der Waals surface area contributed by atoms with E-state index in [0.717, 1.165) is 0 Å². The maximum Gasteiger partial charge on any atom is 0.287 e. The molecule has 0 fully saturated rings. The van der Waals surface area contributed by atoms with Crippen LogP contribution in [0.1, 0.15) is 10.6 Å². The Morgan fingerprint density at radius 2 is 2.10 bits per heavy atom. The van der Waals surface area contributed by atoms with Gasteiger partial charge in [0.25, 0.3) is 5.91 Å². The molecule has 2 rings (SSSR count). The summed E-state index contributed by atoms with van der Waals surface area (Å²) in [6.07, 6.45) is 0. The van der Waals surface area contributed by atoms with Gasteiger partial charge < -0.3 is 19.8 Å². The van der Waals surface area contributed by atoms with Gasteiger partial charge in [-0.2, -0.15) is 0 Å². The van der Waals surface area contributed by atoms with Gasteiger partial charge >= 0.3 is 0 Å². The molecule has 21 heavy (non-hydrogen) atoms. The maximum atomic E-state index is 11.7. The van der Waals surface area contributed by atoms with Gasteiger partial charge in [-0.25, -0.2) is 0 Å². The van der Waals surface area contributed by atoms with E-state index < -0.39 is 5.91 Å². The summed E-state index contributed by atoms with van der Waals surface area (Å²) in [4.78, 5) is 23.4. The normalized spacial score (nSPS) is 10.0. The number of benzene rings is 1. The maximum absolute atomic E-state index is 11.7. The summed E-state index contributed by atoms with van der Waals surface area (Å²) in [5.41, 5.74) is 0.592. The minimum absolute atomic E-state index is 0.135. The molecule has 0 unspecified atom stereocenters. The fourth-order valence-electron chi connectivity index (χ4n) is 1.59. The minimum atomic E-state index is -0.457. The van der Waals surface area contributed by atoms with Crippen molar-refractivity contribution in [2.75, 3.05) is 19.0 Å². The van der Waals surface area contributed by atoms with Crippen molar-refractivity contribution in [1.29, 1.82) is 0 Å². The molecule has 0 aliphatic heterocycles. The van der Waals surface area contributed by atoms with Crippen molar-refractivity contribution in [3.63, 3.8) is 0 Å². The second-order valence-corrected chi connectivity index (χ2v) is 4.85. The number of hydrogen-bond acceptors (Lipinski definition) is 4. The predicted octanol–water partition coefficient (Wildman–Crippen LogP) is 2.42. The van der Waals surface area contributed by atoms with Crippen LogP contribution in [-0.4, -0.2) is 25.5 Å². The molecule has 7 heteroatoms. The average molecular weight is 353 g/mol. The van der Waals surface area contributed by atoms with Gasteiger partial charge in [0.05, 0.1) is 13.7 Å². The Balaban J connectivity index is 1.85. The van der Waals surface area contributed by atoms with Crippen molar-refractivity contribution in [1.82, 2.24) is 5.32 Å². The lowest BCUT2D eigenvalue weighted by molar-refractivity contribution is -0.115. The molecule has 0 bridgehead atoms. The van der Waals surface area contributed by atoms with Gasteiger partial charge in [-0.1, -0.05) is 6.07 Å². The number of methoxy groups -OCH3 is 1. The summed E-state index contributed by atoms with van der Waals surface area (Å²) in [5.74, 6) is -0.0305. The molecule has 0 saturated heterocycles. The van der Waals surface area contributed by atoms with Crippen LogP contribution in [0, 0.1) is 0 Å². The first kappa shape index (κ1) is 15.1. The summed E-state index contributed by atoms with van der Waals surface area (Å²) < 4.78 is 10.6. The topological polar surface area (TPSA) is 80.6 Å². The Morgan fingerprint density at radius 1 is 1.29 bits per heavy atom. The molecule has 0 aliphatic carbocycles.